The molecule has 0 spiro atoms. The highest BCUT2D eigenvalue weighted by Crippen LogP contribution is 2.26. The standard InChI is InChI=1S/C21H25ClN6O/c1-14-12-24-19-18(14)20(26-13-25-19)27-6-8-28(9-7-27)21(29)16(11-23)10-15-2-4-17(22)5-3-15/h2-5,12-13,16H,6-11,23H2,1H3,(H,24,25,26)/t16-/m0/s1. The quantitative estimate of drug-likeness (QED) is 0.671. The second kappa shape index (κ2) is 8.39. The fraction of sp³-hybridized carbons (Fsp3) is 0.381. The monoisotopic (exact) mass is 412 g/mol. The largest absolute Gasteiger partial charge is 0.352 e. The van der Waals surface area contributed by atoms with E-state index in [-0.39, 0.29) is 11.8 Å². The summed E-state index contributed by atoms with van der Waals surface area (Å²) in [6.45, 7) is 5.17. The summed E-state index contributed by atoms with van der Waals surface area (Å²) in [5.74, 6) is 0.825. The molecule has 1 aliphatic rings. The number of rotatable bonds is 5. The average Bonchev–Trinajstić information content (AvgIpc) is 3.14. The Hall–Kier alpha value is -2.64. The van der Waals surface area contributed by atoms with Crippen molar-refractivity contribution < 1.29 is 4.79 Å². The van der Waals surface area contributed by atoms with E-state index in [0.717, 1.165) is 41.1 Å². The topological polar surface area (TPSA) is 91.1 Å². The fourth-order valence-electron chi connectivity index (χ4n) is 3.91. The minimum absolute atomic E-state index is 0.118. The van der Waals surface area contributed by atoms with Gasteiger partial charge in [-0.15, -0.1) is 0 Å². The van der Waals surface area contributed by atoms with Crippen molar-refractivity contribution in [2.24, 2.45) is 11.7 Å². The number of hydrogen-bond acceptors (Lipinski definition) is 5. The molecule has 0 saturated carbocycles. The number of aromatic amines is 1. The van der Waals surface area contributed by atoms with Gasteiger partial charge in [0.1, 0.15) is 17.8 Å². The van der Waals surface area contributed by atoms with Gasteiger partial charge in [-0.2, -0.15) is 0 Å². The number of nitrogens with one attached hydrogen (secondary N) is 1. The van der Waals surface area contributed by atoms with E-state index in [4.69, 9.17) is 17.3 Å². The first kappa shape index (κ1) is 19.7. The van der Waals surface area contributed by atoms with Crippen LogP contribution in [0.25, 0.3) is 11.0 Å². The van der Waals surface area contributed by atoms with E-state index < -0.39 is 0 Å². The van der Waals surface area contributed by atoms with Gasteiger partial charge in [-0.25, -0.2) is 9.97 Å². The Labute approximate surface area is 174 Å². The van der Waals surface area contributed by atoms with Crippen molar-refractivity contribution in [2.75, 3.05) is 37.6 Å². The lowest BCUT2D eigenvalue weighted by atomic mass is 9.97. The van der Waals surface area contributed by atoms with Crippen molar-refractivity contribution >= 4 is 34.4 Å². The number of halogens is 1. The summed E-state index contributed by atoms with van der Waals surface area (Å²) in [7, 11) is 0. The van der Waals surface area contributed by atoms with Gasteiger partial charge in [0.15, 0.2) is 0 Å². The van der Waals surface area contributed by atoms with Crippen LogP contribution in [-0.2, 0) is 11.2 Å². The molecule has 1 atom stereocenters. The second-order valence-electron chi connectivity index (χ2n) is 7.47. The van der Waals surface area contributed by atoms with Crippen molar-refractivity contribution in [3.63, 3.8) is 0 Å². The molecule has 1 aliphatic heterocycles. The molecular formula is C21H25ClN6O. The van der Waals surface area contributed by atoms with E-state index in [1.165, 1.54) is 0 Å². The van der Waals surface area contributed by atoms with Crippen LogP contribution in [0.1, 0.15) is 11.1 Å². The lowest BCUT2D eigenvalue weighted by Crippen LogP contribution is -2.51. The van der Waals surface area contributed by atoms with Crippen LogP contribution in [0, 0.1) is 12.8 Å². The van der Waals surface area contributed by atoms with Crippen LogP contribution in [-0.4, -0.2) is 58.5 Å². The van der Waals surface area contributed by atoms with Crippen LogP contribution in [0.5, 0.6) is 0 Å². The number of nitrogens with two attached hydrogens (primary N) is 1. The van der Waals surface area contributed by atoms with E-state index in [0.29, 0.717) is 31.1 Å². The van der Waals surface area contributed by atoms with E-state index >= 15 is 0 Å². The number of nitrogens with zero attached hydrogens (tertiary/aromatic N) is 4. The molecule has 0 radical (unpaired) electrons. The maximum absolute atomic E-state index is 13.0. The first-order chi connectivity index (χ1) is 14.1. The van der Waals surface area contributed by atoms with E-state index in [2.05, 4.69) is 19.9 Å². The number of carbonyl (C=O) groups excluding carboxylic acids is 1. The Bertz CT molecular complexity index is 994. The van der Waals surface area contributed by atoms with Crippen LogP contribution in [0.4, 0.5) is 5.82 Å². The number of benzene rings is 1. The van der Waals surface area contributed by atoms with E-state index in [1.807, 2.05) is 42.3 Å². The van der Waals surface area contributed by atoms with Crippen LogP contribution >= 0.6 is 11.6 Å². The highest BCUT2D eigenvalue weighted by molar-refractivity contribution is 6.30. The summed E-state index contributed by atoms with van der Waals surface area (Å²) in [6, 6.07) is 7.60. The Balaban J connectivity index is 1.42. The van der Waals surface area contributed by atoms with Crippen molar-refractivity contribution in [1.29, 1.82) is 0 Å². The number of anilines is 1. The molecule has 1 aromatic carbocycles. The van der Waals surface area contributed by atoms with Crippen molar-refractivity contribution in [3.8, 4) is 0 Å². The third kappa shape index (κ3) is 4.06. The van der Waals surface area contributed by atoms with Crippen LogP contribution in [0.15, 0.2) is 36.8 Å². The Kier molecular flexibility index (Phi) is 5.69. The molecule has 1 amide bonds. The minimum atomic E-state index is -0.222. The number of aryl methyl sites for hydroxylation is 1. The molecule has 3 aromatic rings. The number of H-pyrrole nitrogens is 1. The molecule has 29 heavy (non-hydrogen) atoms. The highest BCUT2D eigenvalue weighted by Gasteiger charge is 2.28. The SMILES string of the molecule is Cc1c[nH]c2ncnc(N3CCN(C(=O)[C@H](CN)Cc4ccc(Cl)cc4)CC3)c12. The van der Waals surface area contributed by atoms with E-state index in [9.17, 15) is 4.79 Å². The molecule has 7 nitrogen and oxygen atoms in total. The van der Waals surface area contributed by atoms with Gasteiger partial charge in [0.2, 0.25) is 5.91 Å². The zero-order valence-corrected chi connectivity index (χ0v) is 17.2. The molecule has 4 rings (SSSR count). The van der Waals surface area contributed by atoms with Crippen molar-refractivity contribution in [2.45, 2.75) is 13.3 Å². The minimum Gasteiger partial charge on any atom is -0.352 e. The van der Waals surface area contributed by atoms with Gasteiger partial charge in [-0.3, -0.25) is 4.79 Å². The van der Waals surface area contributed by atoms with Gasteiger partial charge < -0.3 is 20.5 Å². The molecule has 0 aliphatic carbocycles. The Morgan fingerprint density at radius 2 is 1.93 bits per heavy atom. The first-order valence-corrected chi connectivity index (χ1v) is 10.2. The smallest absolute Gasteiger partial charge is 0.227 e. The van der Waals surface area contributed by atoms with Crippen LogP contribution in [0.2, 0.25) is 5.02 Å². The number of amides is 1. The molecule has 0 bridgehead atoms. The van der Waals surface area contributed by atoms with Crippen LogP contribution < -0.4 is 10.6 Å². The normalized spacial score (nSPS) is 15.7. The summed E-state index contributed by atoms with van der Waals surface area (Å²) in [6.07, 6.45) is 4.16. The van der Waals surface area contributed by atoms with Gasteiger partial charge in [-0.1, -0.05) is 23.7 Å². The lowest BCUT2D eigenvalue weighted by Gasteiger charge is -2.37. The zero-order valence-electron chi connectivity index (χ0n) is 16.4. The van der Waals surface area contributed by atoms with Crippen LogP contribution in [0.3, 0.4) is 0 Å². The maximum Gasteiger partial charge on any atom is 0.227 e. The summed E-state index contributed by atoms with van der Waals surface area (Å²) in [5.41, 5.74) is 8.98. The summed E-state index contributed by atoms with van der Waals surface area (Å²) in [5, 5.41) is 1.74. The molecule has 2 aromatic heterocycles. The summed E-state index contributed by atoms with van der Waals surface area (Å²) in [4.78, 5) is 29.2. The van der Waals surface area contributed by atoms with Gasteiger partial charge in [-0.05, 0) is 36.6 Å². The average molecular weight is 413 g/mol. The molecule has 1 saturated heterocycles. The van der Waals surface area contributed by atoms with Gasteiger partial charge in [0.05, 0.1) is 11.3 Å². The molecule has 3 heterocycles. The summed E-state index contributed by atoms with van der Waals surface area (Å²) >= 11 is 5.95. The summed E-state index contributed by atoms with van der Waals surface area (Å²) < 4.78 is 0. The third-order valence-electron chi connectivity index (χ3n) is 5.57. The second-order valence-corrected chi connectivity index (χ2v) is 7.90. The number of piperazine rings is 1. The maximum atomic E-state index is 13.0. The zero-order chi connectivity index (χ0) is 20.4. The molecule has 0 unspecified atom stereocenters. The molecule has 1 fully saturated rings. The first-order valence-electron chi connectivity index (χ1n) is 9.83. The number of aromatic nitrogens is 3. The van der Waals surface area contributed by atoms with Gasteiger partial charge in [0, 0.05) is 43.9 Å². The fourth-order valence-corrected chi connectivity index (χ4v) is 4.04. The Morgan fingerprint density at radius 3 is 2.62 bits per heavy atom. The Morgan fingerprint density at radius 1 is 1.21 bits per heavy atom. The highest BCUT2D eigenvalue weighted by atomic mass is 35.5. The molecule has 8 heteroatoms. The van der Waals surface area contributed by atoms with Gasteiger partial charge in [0.25, 0.3) is 0 Å². The molecule has 152 valence electrons. The number of hydrogen-bond donors (Lipinski definition) is 2. The molecular weight excluding hydrogens is 388 g/mol. The predicted octanol–water partition coefficient (Wildman–Crippen LogP) is 2.39. The molecule has 3 N–H and O–H groups in total. The van der Waals surface area contributed by atoms with E-state index in [1.54, 1.807) is 6.33 Å². The van der Waals surface area contributed by atoms with Crippen molar-refractivity contribution in [3.05, 3.63) is 52.9 Å². The third-order valence-corrected chi connectivity index (χ3v) is 5.82. The number of carbonyl (C=O) groups is 1. The number of fused-ring (bicyclic) bond motifs is 1. The predicted molar refractivity (Wildman–Crippen MR) is 115 cm³/mol. The van der Waals surface area contributed by atoms with Crippen molar-refractivity contribution in [1.82, 2.24) is 19.9 Å². The van der Waals surface area contributed by atoms with Gasteiger partial charge >= 0.3 is 0 Å². The lowest BCUT2D eigenvalue weighted by molar-refractivity contribution is -0.135.